The zero-order valence-electron chi connectivity index (χ0n) is 13.3. The second kappa shape index (κ2) is 7.78. The fraction of sp³-hybridized carbons (Fsp3) is 0.875. The number of amides is 2. The summed E-state index contributed by atoms with van der Waals surface area (Å²) in [6, 6.07) is -0.622. The molecule has 2 aliphatic rings. The molecule has 2 heterocycles. The maximum Gasteiger partial charge on any atom is 0.245 e. The Morgan fingerprint density at radius 3 is 2.71 bits per heavy atom. The summed E-state index contributed by atoms with van der Waals surface area (Å²) in [6.45, 7) is 5.54. The number of nitrogens with one attached hydrogen (secondary N) is 1. The van der Waals surface area contributed by atoms with Crippen LogP contribution in [0.15, 0.2) is 0 Å². The van der Waals surface area contributed by atoms with E-state index in [9.17, 15) is 9.59 Å². The molecular formula is C16H28N2O3. The molecule has 2 amide bonds. The van der Waals surface area contributed by atoms with Gasteiger partial charge in [-0.3, -0.25) is 9.59 Å². The van der Waals surface area contributed by atoms with Crippen molar-refractivity contribution in [3.8, 4) is 0 Å². The molecule has 2 fully saturated rings. The van der Waals surface area contributed by atoms with Crippen LogP contribution in [-0.2, 0) is 14.3 Å². The van der Waals surface area contributed by atoms with Crippen LogP contribution in [0, 0.1) is 0 Å². The first-order valence-electron chi connectivity index (χ1n) is 8.39. The van der Waals surface area contributed by atoms with Gasteiger partial charge in [0.15, 0.2) is 0 Å². The largest absolute Gasteiger partial charge is 0.378 e. The quantitative estimate of drug-likeness (QED) is 0.780. The zero-order valence-corrected chi connectivity index (χ0v) is 13.3. The van der Waals surface area contributed by atoms with E-state index in [0.29, 0.717) is 19.1 Å². The second-order valence-corrected chi connectivity index (χ2v) is 6.08. The van der Waals surface area contributed by atoms with Gasteiger partial charge in [0.05, 0.1) is 6.10 Å². The third-order valence-electron chi connectivity index (χ3n) is 4.49. The summed E-state index contributed by atoms with van der Waals surface area (Å²) in [6.07, 6.45) is 6.83. The molecule has 0 radical (unpaired) electrons. The highest BCUT2D eigenvalue weighted by Crippen LogP contribution is 2.20. The summed E-state index contributed by atoms with van der Waals surface area (Å²) < 4.78 is 5.62. The lowest BCUT2D eigenvalue weighted by Crippen LogP contribution is -2.63. The highest BCUT2D eigenvalue weighted by molar-refractivity contribution is 5.96. The minimum atomic E-state index is -0.326. The van der Waals surface area contributed by atoms with Crippen LogP contribution >= 0.6 is 0 Å². The molecule has 1 N–H and O–H groups in total. The minimum absolute atomic E-state index is 0.00710. The van der Waals surface area contributed by atoms with Crippen LogP contribution in [0.25, 0.3) is 0 Å². The van der Waals surface area contributed by atoms with Crippen LogP contribution in [0.2, 0.25) is 0 Å². The topological polar surface area (TPSA) is 58.6 Å². The summed E-state index contributed by atoms with van der Waals surface area (Å²) in [5, 5.41) is 2.87. The van der Waals surface area contributed by atoms with Crippen molar-refractivity contribution >= 4 is 11.8 Å². The van der Waals surface area contributed by atoms with Crippen molar-refractivity contribution in [1.29, 1.82) is 0 Å². The number of nitrogens with zero attached hydrogens (tertiary/aromatic N) is 1. The van der Waals surface area contributed by atoms with E-state index in [1.54, 1.807) is 4.90 Å². The Kier molecular flexibility index (Phi) is 6.03. The van der Waals surface area contributed by atoms with Gasteiger partial charge in [0.25, 0.3) is 0 Å². The van der Waals surface area contributed by atoms with Crippen molar-refractivity contribution < 1.29 is 14.3 Å². The van der Waals surface area contributed by atoms with E-state index in [0.717, 1.165) is 45.1 Å². The highest BCUT2D eigenvalue weighted by atomic mass is 16.5. The average molecular weight is 296 g/mol. The van der Waals surface area contributed by atoms with Gasteiger partial charge in [0.2, 0.25) is 11.8 Å². The lowest BCUT2D eigenvalue weighted by Gasteiger charge is -2.38. The predicted octanol–water partition coefficient (Wildman–Crippen LogP) is 1.85. The van der Waals surface area contributed by atoms with Gasteiger partial charge in [-0.15, -0.1) is 0 Å². The zero-order chi connectivity index (χ0) is 15.2. The average Bonchev–Trinajstić information content (AvgIpc) is 2.97. The lowest BCUT2D eigenvalue weighted by molar-refractivity contribution is -0.149. The van der Waals surface area contributed by atoms with Gasteiger partial charge < -0.3 is 15.0 Å². The van der Waals surface area contributed by atoms with Crippen LogP contribution in [-0.4, -0.2) is 48.1 Å². The van der Waals surface area contributed by atoms with Gasteiger partial charge >= 0.3 is 0 Å². The Hall–Kier alpha value is -1.10. The Morgan fingerprint density at radius 1 is 1.29 bits per heavy atom. The Morgan fingerprint density at radius 2 is 2.10 bits per heavy atom. The molecule has 2 aliphatic heterocycles. The van der Waals surface area contributed by atoms with Crippen molar-refractivity contribution in [2.45, 2.75) is 77.0 Å². The van der Waals surface area contributed by atoms with Crippen molar-refractivity contribution in [3.05, 3.63) is 0 Å². The molecule has 5 heteroatoms. The first-order valence-corrected chi connectivity index (χ1v) is 8.39. The third-order valence-corrected chi connectivity index (χ3v) is 4.49. The predicted molar refractivity (Wildman–Crippen MR) is 80.8 cm³/mol. The van der Waals surface area contributed by atoms with Crippen molar-refractivity contribution in [3.63, 3.8) is 0 Å². The van der Waals surface area contributed by atoms with Crippen LogP contribution < -0.4 is 5.32 Å². The molecule has 0 bridgehead atoms. The number of carbonyl (C=O) groups is 2. The fourth-order valence-electron chi connectivity index (χ4n) is 3.34. The van der Waals surface area contributed by atoms with Crippen molar-refractivity contribution in [1.82, 2.24) is 10.2 Å². The maximum absolute atomic E-state index is 12.5. The highest BCUT2D eigenvalue weighted by Gasteiger charge is 2.38. The van der Waals surface area contributed by atoms with Crippen molar-refractivity contribution in [2.24, 2.45) is 0 Å². The van der Waals surface area contributed by atoms with Gasteiger partial charge in [-0.1, -0.05) is 20.3 Å². The number of hydrogen-bond donors (Lipinski definition) is 1. The van der Waals surface area contributed by atoms with Gasteiger partial charge in [-0.2, -0.15) is 0 Å². The van der Waals surface area contributed by atoms with E-state index in [4.69, 9.17) is 4.74 Å². The smallest absolute Gasteiger partial charge is 0.245 e. The molecule has 3 unspecified atom stereocenters. The first kappa shape index (κ1) is 16.3. The summed E-state index contributed by atoms with van der Waals surface area (Å²) in [5.41, 5.74) is 0. The number of piperazine rings is 1. The molecule has 0 aromatic carbocycles. The van der Waals surface area contributed by atoms with Crippen LogP contribution in [0.3, 0.4) is 0 Å². The molecule has 5 nitrogen and oxygen atoms in total. The maximum atomic E-state index is 12.5. The monoisotopic (exact) mass is 296 g/mol. The molecule has 21 heavy (non-hydrogen) atoms. The Balaban J connectivity index is 1.91. The third kappa shape index (κ3) is 3.96. The summed E-state index contributed by atoms with van der Waals surface area (Å²) >= 11 is 0. The van der Waals surface area contributed by atoms with Gasteiger partial charge in [-0.25, -0.2) is 0 Å². The molecule has 0 aromatic heterocycles. The van der Waals surface area contributed by atoms with Crippen molar-refractivity contribution in [2.75, 3.05) is 13.2 Å². The van der Waals surface area contributed by atoms with Gasteiger partial charge in [-0.05, 0) is 38.5 Å². The summed E-state index contributed by atoms with van der Waals surface area (Å²) in [5.74, 6) is 0.100. The van der Waals surface area contributed by atoms with E-state index >= 15 is 0 Å². The van der Waals surface area contributed by atoms with E-state index in [1.165, 1.54) is 0 Å². The number of hydrogen-bond acceptors (Lipinski definition) is 3. The molecule has 3 atom stereocenters. The van der Waals surface area contributed by atoms with Gasteiger partial charge in [0.1, 0.15) is 12.1 Å². The molecule has 0 aromatic rings. The van der Waals surface area contributed by atoms with Crippen LogP contribution in [0.5, 0.6) is 0 Å². The number of carbonyl (C=O) groups excluding carboxylic acids is 2. The SMILES string of the molecule is CCCC1NC(=O)C(CC)N(CCCC2CCCO2)C1=O. The summed E-state index contributed by atoms with van der Waals surface area (Å²) in [7, 11) is 0. The molecule has 2 saturated heterocycles. The molecule has 0 saturated carbocycles. The minimum Gasteiger partial charge on any atom is -0.378 e. The normalized spacial score (nSPS) is 29.8. The van der Waals surface area contributed by atoms with Gasteiger partial charge in [0, 0.05) is 13.2 Å². The second-order valence-electron chi connectivity index (χ2n) is 6.08. The van der Waals surface area contributed by atoms with E-state index in [1.807, 2.05) is 13.8 Å². The fourth-order valence-corrected chi connectivity index (χ4v) is 3.34. The van der Waals surface area contributed by atoms with Crippen LogP contribution in [0.4, 0.5) is 0 Å². The Bertz CT molecular complexity index is 367. The molecule has 2 rings (SSSR count). The molecule has 120 valence electrons. The molecular weight excluding hydrogens is 268 g/mol. The number of ether oxygens (including phenoxy) is 1. The standard InChI is InChI=1S/C16H28N2O3/c1-3-7-13-16(20)18(14(4-2)15(19)17-13)10-5-8-12-9-6-11-21-12/h12-14H,3-11H2,1-2H3,(H,17,19). The summed E-state index contributed by atoms with van der Waals surface area (Å²) in [4.78, 5) is 26.5. The molecule has 0 spiro atoms. The first-order chi connectivity index (χ1) is 10.2. The van der Waals surface area contributed by atoms with E-state index < -0.39 is 0 Å². The lowest BCUT2D eigenvalue weighted by atomic mass is 10.0. The van der Waals surface area contributed by atoms with E-state index in [2.05, 4.69) is 5.32 Å². The molecule has 0 aliphatic carbocycles. The number of rotatable bonds is 7. The Labute approximate surface area is 127 Å². The van der Waals surface area contributed by atoms with Crippen LogP contribution in [0.1, 0.15) is 58.8 Å². The van der Waals surface area contributed by atoms with E-state index in [-0.39, 0.29) is 23.9 Å².